The fourth-order valence-corrected chi connectivity index (χ4v) is 2.90. The van der Waals surface area contributed by atoms with Crippen LogP contribution in [0.3, 0.4) is 0 Å². The maximum atomic E-state index is 13.1. The first-order chi connectivity index (χ1) is 15.3. The van der Waals surface area contributed by atoms with Crippen LogP contribution >= 0.6 is 0 Å². The molecule has 32 heavy (non-hydrogen) atoms. The Balaban J connectivity index is 1.61. The Morgan fingerprint density at radius 2 is 1.38 bits per heavy atom. The molecular formula is C25H23FN2O4. The molecule has 0 aliphatic heterocycles. The molecule has 3 rings (SSSR count). The standard InChI is InChI=1S/C25H23FN2O4/c1-16(2)22(28-24(30)18-8-10-19(26)11-9-18)25(31)32-21-14-12-20(13-15-21)27-23(29)17-6-4-3-5-7-17/h3-16,22H,1-2H3,(H,27,29)(H,28,30)/t22-/m0/s1. The second kappa shape index (κ2) is 10.3. The van der Waals surface area contributed by atoms with Crippen LogP contribution in [0.1, 0.15) is 34.6 Å². The van der Waals surface area contributed by atoms with Crippen molar-refractivity contribution >= 4 is 23.5 Å². The van der Waals surface area contributed by atoms with Crippen molar-refractivity contribution in [3.63, 3.8) is 0 Å². The molecule has 0 aliphatic carbocycles. The van der Waals surface area contributed by atoms with Crippen LogP contribution in [0.5, 0.6) is 5.75 Å². The SMILES string of the molecule is CC(C)[C@H](NC(=O)c1ccc(F)cc1)C(=O)Oc1ccc(NC(=O)c2ccccc2)cc1. The number of carbonyl (C=O) groups excluding carboxylic acids is 3. The van der Waals surface area contributed by atoms with Gasteiger partial charge in [-0.1, -0.05) is 32.0 Å². The van der Waals surface area contributed by atoms with Gasteiger partial charge in [0, 0.05) is 16.8 Å². The van der Waals surface area contributed by atoms with Crippen LogP contribution in [0.25, 0.3) is 0 Å². The molecule has 0 unspecified atom stereocenters. The highest BCUT2D eigenvalue weighted by Gasteiger charge is 2.26. The van der Waals surface area contributed by atoms with Crippen molar-refractivity contribution in [3.05, 3.63) is 95.8 Å². The topological polar surface area (TPSA) is 84.5 Å². The monoisotopic (exact) mass is 434 g/mol. The second-order valence-corrected chi connectivity index (χ2v) is 7.47. The van der Waals surface area contributed by atoms with E-state index < -0.39 is 23.7 Å². The number of hydrogen-bond acceptors (Lipinski definition) is 4. The number of rotatable bonds is 7. The molecule has 0 saturated carbocycles. The van der Waals surface area contributed by atoms with Crippen LogP contribution in [-0.4, -0.2) is 23.8 Å². The number of anilines is 1. The lowest BCUT2D eigenvalue weighted by Crippen LogP contribution is -2.46. The minimum absolute atomic E-state index is 0.239. The summed E-state index contributed by atoms with van der Waals surface area (Å²) in [6.07, 6.45) is 0. The normalized spacial score (nSPS) is 11.5. The van der Waals surface area contributed by atoms with E-state index in [0.717, 1.165) is 0 Å². The van der Waals surface area contributed by atoms with E-state index in [1.807, 2.05) is 6.07 Å². The number of ether oxygens (including phenoxy) is 1. The zero-order valence-electron chi connectivity index (χ0n) is 17.7. The lowest BCUT2D eigenvalue weighted by Gasteiger charge is -2.21. The largest absolute Gasteiger partial charge is 0.425 e. The fraction of sp³-hybridized carbons (Fsp3) is 0.160. The molecule has 0 bridgehead atoms. The summed E-state index contributed by atoms with van der Waals surface area (Å²) >= 11 is 0. The molecular weight excluding hydrogens is 411 g/mol. The Hall–Kier alpha value is -4.00. The molecule has 0 aliphatic rings. The van der Waals surface area contributed by atoms with E-state index in [9.17, 15) is 18.8 Å². The van der Waals surface area contributed by atoms with Gasteiger partial charge in [0.1, 0.15) is 17.6 Å². The van der Waals surface area contributed by atoms with Crippen LogP contribution < -0.4 is 15.4 Å². The zero-order chi connectivity index (χ0) is 23.1. The van der Waals surface area contributed by atoms with Gasteiger partial charge in [0.2, 0.25) is 0 Å². The third-order valence-corrected chi connectivity index (χ3v) is 4.68. The Bertz CT molecular complexity index is 1080. The van der Waals surface area contributed by atoms with Gasteiger partial charge in [0.15, 0.2) is 0 Å². The van der Waals surface area contributed by atoms with Gasteiger partial charge in [-0.2, -0.15) is 0 Å². The number of esters is 1. The number of carbonyl (C=O) groups is 3. The van der Waals surface area contributed by atoms with Gasteiger partial charge in [-0.15, -0.1) is 0 Å². The van der Waals surface area contributed by atoms with Crippen LogP contribution in [0.2, 0.25) is 0 Å². The average molecular weight is 434 g/mol. The summed E-state index contributed by atoms with van der Waals surface area (Å²) in [7, 11) is 0. The first-order valence-electron chi connectivity index (χ1n) is 10.1. The molecule has 164 valence electrons. The quantitative estimate of drug-likeness (QED) is 0.425. The fourth-order valence-electron chi connectivity index (χ4n) is 2.90. The van der Waals surface area contributed by atoms with E-state index >= 15 is 0 Å². The Morgan fingerprint density at radius 3 is 1.97 bits per heavy atom. The van der Waals surface area contributed by atoms with Crippen molar-refractivity contribution in [1.82, 2.24) is 5.32 Å². The molecule has 1 atom stereocenters. The predicted octanol–water partition coefficient (Wildman–Crippen LogP) is 4.44. The summed E-state index contributed by atoms with van der Waals surface area (Å²) in [5.74, 6) is -1.80. The second-order valence-electron chi connectivity index (χ2n) is 7.47. The molecule has 0 fully saturated rings. The Kier molecular flexibility index (Phi) is 7.33. The van der Waals surface area contributed by atoms with Crippen molar-refractivity contribution in [1.29, 1.82) is 0 Å². The molecule has 3 aromatic rings. The van der Waals surface area contributed by atoms with Crippen LogP contribution in [0.4, 0.5) is 10.1 Å². The molecule has 2 N–H and O–H groups in total. The minimum atomic E-state index is -0.898. The van der Waals surface area contributed by atoms with E-state index in [0.29, 0.717) is 11.3 Å². The van der Waals surface area contributed by atoms with Gasteiger partial charge in [0.05, 0.1) is 0 Å². The first-order valence-corrected chi connectivity index (χ1v) is 10.1. The molecule has 7 heteroatoms. The third-order valence-electron chi connectivity index (χ3n) is 4.68. The molecule has 0 heterocycles. The molecule has 0 aromatic heterocycles. The van der Waals surface area contributed by atoms with E-state index in [1.165, 1.54) is 24.3 Å². The van der Waals surface area contributed by atoms with Gasteiger partial charge in [-0.3, -0.25) is 9.59 Å². The van der Waals surface area contributed by atoms with Gasteiger partial charge in [-0.05, 0) is 66.6 Å². The maximum absolute atomic E-state index is 13.1. The summed E-state index contributed by atoms with van der Waals surface area (Å²) < 4.78 is 18.5. The average Bonchev–Trinajstić information content (AvgIpc) is 2.79. The lowest BCUT2D eigenvalue weighted by molar-refractivity contribution is -0.137. The summed E-state index contributed by atoms with van der Waals surface area (Å²) in [6.45, 7) is 3.55. The third kappa shape index (κ3) is 6.01. The summed E-state index contributed by atoms with van der Waals surface area (Å²) in [5.41, 5.74) is 1.31. The summed E-state index contributed by atoms with van der Waals surface area (Å²) in [6, 6.07) is 19.3. The smallest absolute Gasteiger partial charge is 0.334 e. The van der Waals surface area contributed by atoms with E-state index in [4.69, 9.17) is 4.74 Å². The summed E-state index contributed by atoms with van der Waals surface area (Å²) in [4.78, 5) is 37.3. The highest BCUT2D eigenvalue weighted by molar-refractivity contribution is 6.04. The highest BCUT2D eigenvalue weighted by atomic mass is 19.1. The molecule has 0 radical (unpaired) electrons. The zero-order valence-corrected chi connectivity index (χ0v) is 17.7. The van der Waals surface area contributed by atoms with Gasteiger partial charge >= 0.3 is 5.97 Å². The lowest BCUT2D eigenvalue weighted by atomic mass is 10.0. The highest BCUT2D eigenvalue weighted by Crippen LogP contribution is 2.18. The van der Waals surface area contributed by atoms with Crippen LogP contribution in [0.15, 0.2) is 78.9 Å². The molecule has 3 aromatic carbocycles. The van der Waals surface area contributed by atoms with E-state index in [-0.39, 0.29) is 23.1 Å². The first kappa shape index (κ1) is 22.7. The van der Waals surface area contributed by atoms with Crippen molar-refractivity contribution in [2.24, 2.45) is 5.92 Å². The number of amides is 2. The number of hydrogen-bond donors (Lipinski definition) is 2. The van der Waals surface area contributed by atoms with E-state index in [2.05, 4.69) is 10.6 Å². The van der Waals surface area contributed by atoms with E-state index in [1.54, 1.807) is 62.4 Å². The number of halogens is 1. The van der Waals surface area contributed by atoms with Gasteiger partial charge < -0.3 is 15.4 Å². The Morgan fingerprint density at radius 1 is 0.781 bits per heavy atom. The maximum Gasteiger partial charge on any atom is 0.334 e. The minimum Gasteiger partial charge on any atom is -0.425 e. The van der Waals surface area contributed by atoms with Gasteiger partial charge in [0.25, 0.3) is 11.8 Å². The van der Waals surface area contributed by atoms with Crippen molar-refractivity contribution in [2.45, 2.75) is 19.9 Å². The van der Waals surface area contributed by atoms with Crippen molar-refractivity contribution in [2.75, 3.05) is 5.32 Å². The van der Waals surface area contributed by atoms with Gasteiger partial charge in [-0.25, -0.2) is 9.18 Å². The number of benzene rings is 3. The van der Waals surface area contributed by atoms with Crippen LogP contribution in [-0.2, 0) is 4.79 Å². The molecule has 6 nitrogen and oxygen atoms in total. The van der Waals surface area contributed by atoms with Crippen molar-refractivity contribution < 1.29 is 23.5 Å². The Labute approximate surface area is 185 Å². The van der Waals surface area contributed by atoms with Crippen molar-refractivity contribution in [3.8, 4) is 5.75 Å². The summed E-state index contributed by atoms with van der Waals surface area (Å²) in [5, 5.41) is 5.40. The molecule has 2 amide bonds. The predicted molar refractivity (Wildman–Crippen MR) is 119 cm³/mol. The van der Waals surface area contributed by atoms with Crippen LogP contribution in [0, 0.1) is 11.7 Å². The number of nitrogens with one attached hydrogen (secondary N) is 2. The molecule has 0 saturated heterocycles. The molecule has 0 spiro atoms.